The van der Waals surface area contributed by atoms with Crippen molar-refractivity contribution >= 4 is 17.8 Å². The molecule has 1 aliphatic heterocycles. The van der Waals surface area contributed by atoms with Crippen molar-refractivity contribution in [3.8, 4) is 0 Å². The first-order valence-electron chi connectivity index (χ1n) is 4.48. The first kappa shape index (κ1) is 13.4. The summed E-state index contributed by atoms with van der Waals surface area (Å²) in [6.45, 7) is 0. The van der Waals surface area contributed by atoms with Gasteiger partial charge in [0.2, 0.25) is 11.6 Å². The van der Waals surface area contributed by atoms with Crippen molar-refractivity contribution in [3.05, 3.63) is 0 Å². The summed E-state index contributed by atoms with van der Waals surface area (Å²) < 4.78 is 39.8. The van der Waals surface area contributed by atoms with E-state index in [4.69, 9.17) is 5.73 Å². The Kier molecular flexibility index (Phi) is 3.15. The Morgan fingerprint density at radius 2 is 2.00 bits per heavy atom. The molecule has 1 rings (SSSR count). The second kappa shape index (κ2) is 3.99. The van der Waals surface area contributed by atoms with Crippen molar-refractivity contribution in [1.29, 1.82) is 0 Å². The Bertz CT molecular complexity index is 381. The molecule has 17 heavy (non-hydrogen) atoms. The number of ether oxygens (including phenoxy) is 1. The molecule has 9 heteroatoms. The van der Waals surface area contributed by atoms with E-state index in [0.717, 1.165) is 7.05 Å². The van der Waals surface area contributed by atoms with E-state index < -0.39 is 36.1 Å². The van der Waals surface area contributed by atoms with Gasteiger partial charge in [-0.2, -0.15) is 13.2 Å². The first-order valence-corrected chi connectivity index (χ1v) is 4.48. The Hall–Kier alpha value is -1.64. The van der Waals surface area contributed by atoms with Gasteiger partial charge in [-0.25, -0.2) is 4.79 Å². The number of nitrogens with zero attached hydrogens (tertiary/aromatic N) is 1. The normalized spacial score (nSPS) is 26.1. The van der Waals surface area contributed by atoms with Gasteiger partial charge in [-0.1, -0.05) is 0 Å². The molecule has 2 amide bonds. The van der Waals surface area contributed by atoms with Crippen molar-refractivity contribution in [2.24, 2.45) is 5.73 Å². The lowest BCUT2D eigenvalue weighted by Gasteiger charge is -2.35. The molecule has 1 fully saturated rings. The number of imide groups is 1. The number of likely N-dealkylation sites (tertiary alicyclic amines) is 1. The van der Waals surface area contributed by atoms with Gasteiger partial charge in [-0.3, -0.25) is 20.2 Å². The van der Waals surface area contributed by atoms with E-state index in [1.54, 1.807) is 0 Å². The van der Waals surface area contributed by atoms with Gasteiger partial charge >= 0.3 is 12.1 Å². The predicted molar refractivity (Wildman–Crippen MR) is 46.1 cm³/mol. The lowest BCUT2D eigenvalue weighted by atomic mass is 10.0. The van der Waals surface area contributed by atoms with Gasteiger partial charge in [0, 0.05) is 19.9 Å². The Labute approximate surface area is 93.5 Å². The smallest absolute Gasteiger partial charge is 0.428 e. The number of nitrogens with two attached hydrogens (primary N) is 1. The minimum atomic E-state index is -5.24. The number of hydrogen-bond acceptors (Lipinski definition) is 5. The number of halogens is 3. The van der Waals surface area contributed by atoms with Gasteiger partial charge < -0.3 is 4.74 Å². The molecule has 2 N–H and O–H groups in total. The molecule has 1 aliphatic rings. The van der Waals surface area contributed by atoms with E-state index in [1.165, 1.54) is 0 Å². The van der Waals surface area contributed by atoms with E-state index >= 15 is 0 Å². The zero-order valence-electron chi connectivity index (χ0n) is 8.71. The van der Waals surface area contributed by atoms with Crippen LogP contribution in [0.1, 0.15) is 12.8 Å². The van der Waals surface area contributed by atoms with Gasteiger partial charge in [0.25, 0.3) is 5.91 Å². The molecular formula is C8H9F3N2O4. The van der Waals surface area contributed by atoms with Crippen LogP contribution in [0.2, 0.25) is 0 Å². The van der Waals surface area contributed by atoms with Crippen LogP contribution in [0.5, 0.6) is 0 Å². The Morgan fingerprint density at radius 1 is 1.47 bits per heavy atom. The van der Waals surface area contributed by atoms with Crippen LogP contribution in [-0.2, 0) is 19.1 Å². The third kappa shape index (κ3) is 2.54. The maximum Gasteiger partial charge on any atom is 0.491 e. The average molecular weight is 254 g/mol. The second-order valence-electron chi connectivity index (χ2n) is 3.53. The predicted octanol–water partition coefficient (Wildman–Crippen LogP) is -0.474. The fourth-order valence-electron chi connectivity index (χ4n) is 1.28. The fraction of sp³-hybridized carbons (Fsp3) is 0.625. The summed E-state index contributed by atoms with van der Waals surface area (Å²) in [5, 5.41) is 0. The molecule has 1 heterocycles. The quantitative estimate of drug-likeness (QED) is 0.388. The van der Waals surface area contributed by atoms with Crippen LogP contribution in [0.25, 0.3) is 0 Å². The van der Waals surface area contributed by atoms with Crippen molar-refractivity contribution in [2.75, 3.05) is 7.05 Å². The highest BCUT2D eigenvalue weighted by Crippen LogP contribution is 2.26. The summed E-state index contributed by atoms with van der Waals surface area (Å²) in [6.07, 6.45) is -5.99. The van der Waals surface area contributed by atoms with Crippen LogP contribution in [0.4, 0.5) is 13.2 Å². The van der Waals surface area contributed by atoms with Gasteiger partial charge in [0.15, 0.2) is 0 Å². The maximum atomic E-state index is 12.0. The number of rotatable bonds is 1. The Balaban J connectivity index is 2.86. The van der Waals surface area contributed by atoms with Crippen LogP contribution < -0.4 is 5.73 Å². The van der Waals surface area contributed by atoms with E-state index in [-0.39, 0.29) is 6.42 Å². The minimum absolute atomic E-state index is 0.274. The SMILES string of the molecule is CN1C(=O)CCC(N)(OC(=O)C(F)(F)F)C1=O. The van der Waals surface area contributed by atoms with Crippen LogP contribution in [-0.4, -0.2) is 41.6 Å². The largest absolute Gasteiger partial charge is 0.491 e. The molecular weight excluding hydrogens is 245 g/mol. The molecule has 6 nitrogen and oxygen atoms in total. The molecule has 0 saturated carbocycles. The summed E-state index contributed by atoms with van der Waals surface area (Å²) in [6, 6.07) is 0. The molecule has 96 valence electrons. The van der Waals surface area contributed by atoms with E-state index in [9.17, 15) is 27.6 Å². The average Bonchev–Trinajstić information content (AvgIpc) is 2.20. The lowest BCUT2D eigenvalue weighted by molar-refractivity contribution is -0.218. The molecule has 1 atom stereocenters. The number of likely N-dealkylation sites (N-methyl/N-ethyl adjacent to an activating group) is 1. The van der Waals surface area contributed by atoms with Gasteiger partial charge in [-0.05, 0) is 0 Å². The number of carbonyl (C=O) groups is 3. The highest BCUT2D eigenvalue weighted by atomic mass is 19.4. The van der Waals surface area contributed by atoms with Gasteiger partial charge in [-0.15, -0.1) is 0 Å². The van der Waals surface area contributed by atoms with E-state index in [0.29, 0.717) is 4.90 Å². The van der Waals surface area contributed by atoms with Crippen LogP contribution in [0.15, 0.2) is 0 Å². The van der Waals surface area contributed by atoms with E-state index in [1.807, 2.05) is 0 Å². The maximum absolute atomic E-state index is 12.0. The number of amides is 2. The van der Waals surface area contributed by atoms with Crippen molar-refractivity contribution < 1.29 is 32.3 Å². The zero-order chi connectivity index (χ0) is 13.4. The van der Waals surface area contributed by atoms with Crippen molar-refractivity contribution in [1.82, 2.24) is 4.90 Å². The number of hydrogen-bond donors (Lipinski definition) is 1. The number of esters is 1. The monoisotopic (exact) mass is 254 g/mol. The molecule has 1 unspecified atom stereocenters. The summed E-state index contributed by atoms with van der Waals surface area (Å²) in [7, 11) is 1.05. The molecule has 0 aromatic rings. The fourth-order valence-corrected chi connectivity index (χ4v) is 1.28. The molecule has 0 spiro atoms. The standard InChI is InChI=1S/C8H9F3N2O4/c1-13-4(14)2-3-7(12,5(13)15)17-6(16)8(9,10)11/h2-3,12H2,1H3. The topological polar surface area (TPSA) is 89.7 Å². The lowest BCUT2D eigenvalue weighted by Crippen LogP contribution is -2.62. The summed E-state index contributed by atoms with van der Waals surface area (Å²) >= 11 is 0. The summed E-state index contributed by atoms with van der Waals surface area (Å²) in [5.74, 6) is -4.33. The first-order chi connectivity index (χ1) is 7.58. The zero-order valence-corrected chi connectivity index (χ0v) is 8.71. The molecule has 0 bridgehead atoms. The second-order valence-corrected chi connectivity index (χ2v) is 3.53. The Morgan fingerprint density at radius 3 is 2.47 bits per heavy atom. The summed E-state index contributed by atoms with van der Waals surface area (Å²) in [4.78, 5) is 33.6. The van der Waals surface area contributed by atoms with Gasteiger partial charge in [0.05, 0.1) is 0 Å². The number of alkyl halides is 3. The van der Waals surface area contributed by atoms with Crippen LogP contribution >= 0.6 is 0 Å². The molecule has 0 radical (unpaired) electrons. The van der Waals surface area contributed by atoms with Crippen LogP contribution in [0, 0.1) is 0 Å². The third-order valence-electron chi connectivity index (χ3n) is 2.26. The number of piperidine rings is 1. The minimum Gasteiger partial charge on any atom is -0.428 e. The van der Waals surface area contributed by atoms with Crippen molar-refractivity contribution in [3.63, 3.8) is 0 Å². The molecule has 0 aromatic heterocycles. The molecule has 0 aliphatic carbocycles. The van der Waals surface area contributed by atoms with Gasteiger partial charge in [0.1, 0.15) is 0 Å². The molecule has 0 aromatic carbocycles. The third-order valence-corrected chi connectivity index (χ3v) is 2.26. The highest BCUT2D eigenvalue weighted by Gasteiger charge is 2.51. The van der Waals surface area contributed by atoms with Crippen molar-refractivity contribution in [2.45, 2.75) is 24.7 Å². The van der Waals surface area contributed by atoms with Crippen LogP contribution in [0.3, 0.4) is 0 Å². The highest BCUT2D eigenvalue weighted by molar-refractivity contribution is 6.02. The number of carbonyl (C=O) groups excluding carboxylic acids is 3. The summed E-state index contributed by atoms with van der Waals surface area (Å²) in [5.41, 5.74) is 2.83. The molecule has 1 saturated heterocycles. The van der Waals surface area contributed by atoms with E-state index in [2.05, 4.69) is 4.74 Å².